The van der Waals surface area contributed by atoms with Crippen molar-refractivity contribution in [2.45, 2.75) is 52.4 Å². The molecule has 2 aliphatic rings. The smallest absolute Gasteiger partial charge is 0.0257 e. The van der Waals surface area contributed by atoms with Crippen LogP contribution >= 0.6 is 31.9 Å². The van der Waals surface area contributed by atoms with E-state index in [1.165, 1.54) is 61.2 Å². The van der Waals surface area contributed by atoms with Crippen LogP contribution in [0.15, 0.2) is 57.5 Å². The summed E-state index contributed by atoms with van der Waals surface area (Å²) in [6.07, 6.45) is 3.67. The fourth-order valence-corrected chi connectivity index (χ4v) is 7.71. The molecule has 28 heavy (non-hydrogen) atoms. The lowest BCUT2D eigenvalue weighted by atomic mass is 9.52. The van der Waals surface area contributed by atoms with Gasteiger partial charge >= 0.3 is 0 Å². The second kappa shape index (κ2) is 5.95. The third kappa shape index (κ3) is 2.67. The van der Waals surface area contributed by atoms with Crippen molar-refractivity contribution in [3.8, 4) is 11.1 Å². The monoisotopic (exact) mass is 496 g/mol. The molecule has 0 aromatic heterocycles. The van der Waals surface area contributed by atoms with Gasteiger partial charge in [-0.05, 0) is 81.3 Å². The molecule has 0 bridgehead atoms. The van der Waals surface area contributed by atoms with Gasteiger partial charge in [-0.1, -0.05) is 89.9 Å². The number of hydrogen-bond acceptors (Lipinski definition) is 0. The van der Waals surface area contributed by atoms with Crippen LogP contribution in [0.2, 0.25) is 0 Å². The van der Waals surface area contributed by atoms with Gasteiger partial charge in [0.25, 0.3) is 0 Å². The van der Waals surface area contributed by atoms with E-state index in [1.807, 2.05) is 0 Å². The molecule has 0 aliphatic heterocycles. The molecule has 0 atom stereocenters. The molecule has 0 heterocycles. The standard InChI is InChI=1S/C26H26Br2/c1-24(2)13-25(3,4)15-26(14-24)20-11-16(27)9-10-19(20)23-18-8-6-5-7-17(18)22(28)12-21(23)26/h5-12H,13-15H2,1-4H3. The first-order valence-electron chi connectivity index (χ1n) is 10.1. The Morgan fingerprint density at radius 2 is 1.36 bits per heavy atom. The van der Waals surface area contributed by atoms with Crippen molar-refractivity contribution < 1.29 is 0 Å². The Labute approximate surface area is 185 Å². The summed E-state index contributed by atoms with van der Waals surface area (Å²) in [6, 6.07) is 18.2. The SMILES string of the molecule is CC1(C)CC(C)(C)CC2(C1)c1cc(Br)ccc1-c1c2cc(Br)c2ccccc12. The minimum Gasteiger partial charge on any atom is -0.0616 e. The summed E-state index contributed by atoms with van der Waals surface area (Å²) in [6.45, 7) is 9.84. The largest absolute Gasteiger partial charge is 0.0616 e. The van der Waals surface area contributed by atoms with Crippen molar-refractivity contribution >= 4 is 42.6 Å². The van der Waals surface area contributed by atoms with Crippen LogP contribution in [-0.4, -0.2) is 0 Å². The maximum Gasteiger partial charge on any atom is 0.0257 e. The molecule has 0 radical (unpaired) electrons. The zero-order chi connectivity index (χ0) is 19.9. The molecule has 0 saturated heterocycles. The molecule has 1 spiro atoms. The molecule has 0 unspecified atom stereocenters. The molecule has 1 saturated carbocycles. The molecule has 2 heteroatoms. The average molecular weight is 498 g/mol. The van der Waals surface area contributed by atoms with E-state index in [-0.39, 0.29) is 5.41 Å². The molecule has 1 fully saturated rings. The van der Waals surface area contributed by atoms with Gasteiger partial charge in [0.15, 0.2) is 0 Å². The van der Waals surface area contributed by atoms with Crippen LogP contribution in [0.4, 0.5) is 0 Å². The average Bonchev–Trinajstić information content (AvgIpc) is 2.82. The maximum atomic E-state index is 3.91. The summed E-state index contributed by atoms with van der Waals surface area (Å²) in [4.78, 5) is 0. The van der Waals surface area contributed by atoms with E-state index in [9.17, 15) is 0 Å². The zero-order valence-electron chi connectivity index (χ0n) is 17.0. The van der Waals surface area contributed by atoms with Gasteiger partial charge in [-0.2, -0.15) is 0 Å². The minimum absolute atomic E-state index is 0.0756. The van der Waals surface area contributed by atoms with E-state index < -0.39 is 0 Å². The molecule has 5 rings (SSSR count). The van der Waals surface area contributed by atoms with Gasteiger partial charge in [0.05, 0.1) is 0 Å². The lowest BCUT2D eigenvalue weighted by Crippen LogP contribution is -2.43. The molecular formula is C26H26Br2. The van der Waals surface area contributed by atoms with Crippen LogP contribution < -0.4 is 0 Å². The molecule has 0 N–H and O–H groups in total. The summed E-state index contributed by atoms with van der Waals surface area (Å²) >= 11 is 7.68. The summed E-state index contributed by atoms with van der Waals surface area (Å²) in [7, 11) is 0. The topological polar surface area (TPSA) is 0 Å². The fraction of sp³-hybridized carbons (Fsp3) is 0.385. The molecule has 144 valence electrons. The van der Waals surface area contributed by atoms with Gasteiger partial charge < -0.3 is 0 Å². The number of halogens is 2. The van der Waals surface area contributed by atoms with Gasteiger partial charge in [-0.15, -0.1) is 0 Å². The van der Waals surface area contributed by atoms with Crippen molar-refractivity contribution in [3.63, 3.8) is 0 Å². The number of hydrogen-bond donors (Lipinski definition) is 0. The summed E-state index contributed by atoms with van der Waals surface area (Å²) < 4.78 is 2.40. The Kier molecular flexibility index (Phi) is 4.01. The quantitative estimate of drug-likeness (QED) is 0.291. The maximum absolute atomic E-state index is 3.91. The van der Waals surface area contributed by atoms with Crippen LogP contribution in [0, 0.1) is 10.8 Å². The molecule has 0 nitrogen and oxygen atoms in total. The first kappa shape index (κ1) is 18.9. The number of fused-ring (bicyclic) bond motifs is 7. The molecule has 0 amide bonds. The highest BCUT2D eigenvalue weighted by molar-refractivity contribution is 9.11. The molecule has 2 aliphatic carbocycles. The Hall–Kier alpha value is -1.12. The summed E-state index contributed by atoms with van der Waals surface area (Å²) in [5.74, 6) is 0. The lowest BCUT2D eigenvalue weighted by Gasteiger charge is -2.51. The van der Waals surface area contributed by atoms with Gasteiger partial charge in [0.1, 0.15) is 0 Å². The fourth-order valence-electron chi connectivity index (χ4n) is 6.77. The predicted octanol–water partition coefficient (Wildman–Crippen LogP) is 8.87. The highest BCUT2D eigenvalue weighted by Crippen LogP contribution is 2.64. The van der Waals surface area contributed by atoms with Gasteiger partial charge in [0.2, 0.25) is 0 Å². The van der Waals surface area contributed by atoms with E-state index >= 15 is 0 Å². The van der Waals surface area contributed by atoms with Gasteiger partial charge in [-0.3, -0.25) is 0 Å². The van der Waals surface area contributed by atoms with Crippen LogP contribution in [0.5, 0.6) is 0 Å². The highest BCUT2D eigenvalue weighted by Gasteiger charge is 2.53. The summed E-state index contributed by atoms with van der Waals surface area (Å²) in [5.41, 5.74) is 6.60. The van der Waals surface area contributed by atoms with Gasteiger partial charge in [-0.25, -0.2) is 0 Å². The van der Waals surface area contributed by atoms with Crippen molar-refractivity contribution in [1.82, 2.24) is 0 Å². The van der Waals surface area contributed by atoms with Crippen LogP contribution in [0.1, 0.15) is 58.1 Å². The van der Waals surface area contributed by atoms with Crippen molar-refractivity contribution in [2.24, 2.45) is 10.8 Å². The molecule has 3 aromatic rings. The molecular weight excluding hydrogens is 472 g/mol. The zero-order valence-corrected chi connectivity index (χ0v) is 20.2. The predicted molar refractivity (Wildman–Crippen MR) is 127 cm³/mol. The van der Waals surface area contributed by atoms with E-state index in [0.717, 1.165) is 0 Å². The first-order chi connectivity index (χ1) is 13.1. The Morgan fingerprint density at radius 1 is 0.714 bits per heavy atom. The normalized spacial score (nSPS) is 20.9. The molecule has 3 aromatic carbocycles. The highest BCUT2D eigenvalue weighted by atomic mass is 79.9. The van der Waals surface area contributed by atoms with E-state index in [1.54, 1.807) is 0 Å². The van der Waals surface area contributed by atoms with Gasteiger partial charge in [0, 0.05) is 14.4 Å². The summed E-state index contributed by atoms with van der Waals surface area (Å²) in [5, 5.41) is 2.68. The Morgan fingerprint density at radius 3 is 2.04 bits per heavy atom. The Bertz CT molecular complexity index is 1100. The first-order valence-corrected chi connectivity index (χ1v) is 11.7. The third-order valence-corrected chi connectivity index (χ3v) is 7.94. The van der Waals surface area contributed by atoms with Crippen LogP contribution in [-0.2, 0) is 5.41 Å². The second-order valence-electron chi connectivity index (χ2n) is 10.5. The van der Waals surface area contributed by atoms with E-state index in [4.69, 9.17) is 0 Å². The van der Waals surface area contributed by atoms with Crippen molar-refractivity contribution in [1.29, 1.82) is 0 Å². The number of rotatable bonds is 0. The lowest BCUT2D eigenvalue weighted by molar-refractivity contribution is 0.0646. The van der Waals surface area contributed by atoms with Crippen LogP contribution in [0.25, 0.3) is 21.9 Å². The van der Waals surface area contributed by atoms with Crippen molar-refractivity contribution in [3.05, 3.63) is 68.6 Å². The van der Waals surface area contributed by atoms with E-state index in [0.29, 0.717) is 10.8 Å². The Balaban J connectivity index is 1.93. The van der Waals surface area contributed by atoms with Crippen LogP contribution in [0.3, 0.4) is 0 Å². The van der Waals surface area contributed by atoms with E-state index in [2.05, 4.69) is 108 Å². The second-order valence-corrected chi connectivity index (χ2v) is 12.2. The number of benzene rings is 3. The third-order valence-electron chi connectivity index (χ3n) is 6.79. The van der Waals surface area contributed by atoms with Crippen molar-refractivity contribution in [2.75, 3.05) is 0 Å². The minimum atomic E-state index is 0.0756.